The summed E-state index contributed by atoms with van der Waals surface area (Å²) in [6.45, 7) is 4.82. The molecule has 0 saturated heterocycles. The molecule has 0 bridgehead atoms. The molecule has 0 saturated carbocycles. The van der Waals surface area contributed by atoms with Gasteiger partial charge in [0, 0.05) is 50.3 Å². The zero-order chi connectivity index (χ0) is 43.4. The van der Waals surface area contributed by atoms with E-state index < -0.39 is 5.92 Å². The second-order valence-corrected chi connectivity index (χ2v) is 17.0. The van der Waals surface area contributed by atoms with Crippen LogP contribution in [-0.4, -0.2) is 16.2 Å². The summed E-state index contributed by atoms with van der Waals surface area (Å²) in [5.41, 5.74) is 11.4. The monoisotopic (exact) mass is 834 g/mol. The maximum Gasteiger partial charge on any atom is 0.298 e. The highest BCUT2D eigenvalue weighted by molar-refractivity contribution is 6.09. The van der Waals surface area contributed by atoms with E-state index in [1.807, 2.05) is 83.6 Å². The summed E-state index contributed by atoms with van der Waals surface area (Å²) in [6, 6.07) is 70.0. The molecule has 8 aromatic carbocycles. The molecule has 0 atom stereocenters. The highest BCUT2D eigenvalue weighted by Crippen LogP contribution is 2.51. The summed E-state index contributed by atoms with van der Waals surface area (Å²) >= 11 is 0. The predicted octanol–water partition coefficient (Wildman–Crippen LogP) is 15.2. The number of alkyl halides is 2. The summed E-state index contributed by atoms with van der Waals surface area (Å²) in [5, 5.41) is 1.86. The molecule has 0 radical (unpaired) electrons. The average molecular weight is 835 g/mol. The number of para-hydroxylation sites is 4. The van der Waals surface area contributed by atoms with E-state index in [1.54, 1.807) is 24.3 Å². The van der Waals surface area contributed by atoms with E-state index in [2.05, 4.69) is 133 Å². The van der Waals surface area contributed by atoms with Crippen LogP contribution in [0.2, 0.25) is 0 Å². The SMILES string of the molecule is CC(C)(c1ccccc1)c1ccnc(-n2c3ccccc3c3ccc(C(F)(F)c4cccc(N5CN(c6c(-c7ccccc7)cccc6-c6ccccc6)c6ccccc65)c4)cc32)c1. The van der Waals surface area contributed by atoms with Gasteiger partial charge >= 0.3 is 0 Å². The topological polar surface area (TPSA) is 24.3 Å². The fourth-order valence-electron chi connectivity index (χ4n) is 9.56. The maximum atomic E-state index is 17.3. The van der Waals surface area contributed by atoms with Gasteiger partial charge in [0.25, 0.3) is 5.92 Å². The summed E-state index contributed by atoms with van der Waals surface area (Å²) in [6.07, 6.45) is 1.82. The van der Waals surface area contributed by atoms with Gasteiger partial charge in [-0.05, 0) is 70.8 Å². The molecule has 2 aromatic heterocycles. The molecule has 64 heavy (non-hydrogen) atoms. The molecule has 4 nitrogen and oxygen atoms in total. The number of rotatable bonds is 9. The van der Waals surface area contributed by atoms with E-state index in [0.29, 0.717) is 23.7 Å². The first-order chi connectivity index (χ1) is 31.3. The minimum absolute atomic E-state index is 0.0812. The lowest BCUT2D eigenvalue weighted by Gasteiger charge is -2.27. The van der Waals surface area contributed by atoms with E-state index in [-0.39, 0.29) is 16.5 Å². The molecule has 0 spiro atoms. The first-order valence-electron chi connectivity index (χ1n) is 21.7. The molecule has 0 unspecified atom stereocenters. The van der Waals surface area contributed by atoms with Gasteiger partial charge in [-0.15, -0.1) is 0 Å². The van der Waals surface area contributed by atoms with Crippen LogP contribution in [0.15, 0.2) is 219 Å². The second-order valence-electron chi connectivity index (χ2n) is 17.0. The van der Waals surface area contributed by atoms with E-state index >= 15 is 8.78 Å². The third-order valence-electron chi connectivity index (χ3n) is 13.0. The number of aromatic nitrogens is 2. The van der Waals surface area contributed by atoms with Crippen LogP contribution >= 0.6 is 0 Å². The van der Waals surface area contributed by atoms with Gasteiger partial charge < -0.3 is 9.80 Å². The van der Waals surface area contributed by atoms with Crippen molar-refractivity contribution in [3.05, 3.63) is 241 Å². The van der Waals surface area contributed by atoms with E-state index in [9.17, 15) is 0 Å². The molecule has 0 fully saturated rings. The number of hydrogen-bond acceptors (Lipinski definition) is 3. The number of halogens is 2. The number of anilines is 4. The standard InChI is InChI=1S/C58H44F2N4/c1-57(2,42-22-10-5-11-23-42)43-34-35-61-55(38-43)64-51-29-13-12-26-49(51)50-33-32-45(37-54(50)64)58(59,60)44-24-16-25-46(36-44)62-39-63(53-31-15-14-30-52(53)62)56-47(40-18-6-3-7-19-40)27-17-28-48(56)41-20-8-4-9-21-41/h3-38H,39H2,1-2H3. The second kappa shape index (κ2) is 15.5. The zero-order valence-corrected chi connectivity index (χ0v) is 35.5. The molecule has 0 amide bonds. The third kappa shape index (κ3) is 6.53. The molecule has 0 N–H and O–H groups in total. The van der Waals surface area contributed by atoms with Gasteiger partial charge in [-0.1, -0.05) is 178 Å². The average Bonchev–Trinajstić information content (AvgIpc) is 3.91. The minimum atomic E-state index is -3.32. The molecule has 6 heteroatoms. The largest absolute Gasteiger partial charge is 0.321 e. The molecule has 1 aliphatic rings. The Hall–Kier alpha value is -7.83. The Bertz CT molecular complexity index is 3270. The van der Waals surface area contributed by atoms with Crippen molar-refractivity contribution in [2.75, 3.05) is 16.5 Å². The van der Waals surface area contributed by atoms with Gasteiger partial charge in [-0.2, -0.15) is 8.78 Å². The molecule has 10 aromatic rings. The van der Waals surface area contributed by atoms with Gasteiger partial charge in [-0.25, -0.2) is 4.98 Å². The van der Waals surface area contributed by atoms with Gasteiger partial charge in [0.1, 0.15) is 12.5 Å². The molecule has 0 aliphatic carbocycles. The van der Waals surface area contributed by atoms with Gasteiger partial charge in [-0.3, -0.25) is 4.57 Å². The van der Waals surface area contributed by atoms with Crippen molar-refractivity contribution in [2.45, 2.75) is 25.2 Å². The predicted molar refractivity (Wildman–Crippen MR) is 259 cm³/mol. The van der Waals surface area contributed by atoms with E-state index in [4.69, 9.17) is 4.98 Å². The minimum Gasteiger partial charge on any atom is -0.321 e. The Labute approximate surface area is 372 Å². The van der Waals surface area contributed by atoms with Crippen molar-refractivity contribution in [2.24, 2.45) is 0 Å². The van der Waals surface area contributed by atoms with Crippen molar-refractivity contribution in [1.82, 2.24) is 9.55 Å². The number of pyridine rings is 1. The molecular formula is C58H44F2N4. The number of nitrogens with zero attached hydrogens (tertiary/aromatic N) is 4. The molecule has 310 valence electrons. The normalized spacial score (nSPS) is 12.9. The van der Waals surface area contributed by atoms with Crippen LogP contribution in [0.25, 0.3) is 49.9 Å². The lowest BCUT2D eigenvalue weighted by Crippen LogP contribution is -2.25. The fourth-order valence-corrected chi connectivity index (χ4v) is 9.56. The smallest absolute Gasteiger partial charge is 0.298 e. The first kappa shape index (κ1) is 39.0. The molecular weight excluding hydrogens is 791 g/mol. The zero-order valence-electron chi connectivity index (χ0n) is 35.5. The highest BCUT2D eigenvalue weighted by Gasteiger charge is 2.37. The lowest BCUT2D eigenvalue weighted by atomic mass is 9.78. The Kier molecular flexibility index (Phi) is 9.46. The van der Waals surface area contributed by atoms with Gasteiger partial charge in [0.05, 0.1) is 28.1 Å². The number of fused-ring (bicyclic) bond motifs is 4. The fraction of sp³-hybridized carbons (Fsp3) is 0.0862. The quantitative estimate of drug-likeness (QED) is 0.145. The van der Waals surface area contributed by atoms with Crippen molar-refractivity contribution in [3.8, 4) is 28.1 Å². The first-order valence-corrected chi connectivity index (χ1v) is 21.7. The summed E-state index contributed by atoms with van der Waals surface area (Å²) in [5.74, 6) is -2.65. The van der Waals surface area contributed by atoms with Crippen molar-refractivity contribution in [1.29, 1.82) is 0 Å². The summed E-state index contributed by atoms with van der Waals surface area (Å²) in [7, 11) is 0. The van der Waals surface area contributed by atoms with E-state index in [1.165, 1.54) is 11.6 Å². The Balaban J connectivity index is 0.995. The van der Waals surface area contributed by atoms with Crippen LogP contribution in [0.4, 0.5) is 31.5 Å². The Morgan fingerprint density at radius 3 is 1.72 bits per heavy atom. The third-order valence-corrected chi connectivity index (χ3v) is 13.0. The highest BCUT2D eigenvalue weighted by atomic mass is 19.3. The maximum absolute atomic E-state index is 17.3. The van der Waals surface area contributed by atoms with Crippen LogP contribution in [0.1, 0.15) is 36.1 Å². The van der Waals surface area contributed by atoms with Gasteiger partial charge in [0.2, 0.25) is 0 Å². The van der Waals surface area contributed by atoms with Crippen molar-refractivity contribution in [3.63, 3.8) is 0 Å². The van der Waals surface area contributed by atoms with Crippen LogP contribution in [0.5, 0.6) is 0 Å². The van der Waals surface area contributed by atoms with Crippen LogP contribution in [0, 0.1) is 0 Å². The number of hydrogen-bond donors (Lipinski definition) is 0. The summed E-state index contributed by atoms with van der Waals surface area (Å²) < 4.78 is 36.7. The van der Waals surface area contributed by atoms with Crippen molar-refractivity contribution >= 4 is 44.6 Å². The Morgan fingerprint density at radius 1 is 0.453 bits per heavy atom. The molecule has 3 heterocycles. The van der Waals surface area contributed by atoms with E-state index in [0.717, 1.165) is 61.2 Å². The Morgan fingerprint density at radius 2 is 1.02 bits per heavy atom. The van der Waals surface area contributed by atoms with Gasteiger partial charge in [0.15, 0.2) is 0 Å². The molecule has 11 rings (SSSR count). The van der Waals surface area contributed by atoms with Crippen molar-refractivity contribution < 1.29 is 8.78 Å². The van der Waals surface area contributed by atoms with Crippen LogP contribution in [-0.2, 0) is 11.3 Å². The number of benzene rings is 8. The van der Waals surface area contributed by atoms with Crippen LogP contribution in [0.3, 0.4) is 0 Å². The molecule has 1 aliphatic heterocycles. The lowest BCUT2D eigenvalue weighted by molar-refractivity contribution is 0.0430. The summed E-state index contributed by atoms with van der Waals surface area (Å²) in [4.78, 5) is 9.31. The van der Waals surface area contributed by atoms with Crippen LogP contribution < -0.4 is 9.80 Å².